The zero-order chi connectivity index (χ0) is 16.1. The van der Waals surface area contributed by atoms with E-state index in [-0.39, 0.29) is 12.2 Å². The summed E-state index contributed by atoms with van der Waals surface area (Å²) in [7, 11) is 0. The molecule has 1 amide bonds. The van der Waals surface area contributed by atoms with E-state index >= 15 is 0 Å². The molecule has 2 heterocycles. The molecule has 23 heavy (non-hydrogen) atoms. The fourth-order valence-electron chi connectivity index (χ4n) is 3.01. The van der Waals surface area contributed by atoms with Gasteiger partial charge in [0, 0.05) is 24.0 Å². The van der Waals surface area contributed by atoms with Gasteiger partial charge in [-0.1, -0.05) is 11.6 Å². The summed E-state index contributed by atoms with van der Waals surface area (Å²) < 4.78 is 16.7. The van der Waals surface area contributed by atoms with Gasteiger partial charge in [0.25, 0.3) is 0 Å². The monoisotopic (exact) mass is 339 g/mol. The zero-order valence-electron chi connectivity index (χ0n) is 13.1. The van der Waals surface area contributed by atoms with Crippen molar-refractivity contribution >= 4 is 17.5 Å². The van der Waals surface area contributed by atoms with Crippen molar-refractivity contribution in [2.45, 2.75) is 25.6 Å². The molecule has 0 unspecified atom stereocenters. The first-order chi connectivity index (χ1) is 11.2. The van der Waals surface area contributed by atoms with Gasteiger partial charge in [-0.25, -0.2) is 0 Å². The molecule has 1 aromatic carbocycles. The van der Waals surface area contributed by atoms with Crippen LogP contribution in [0.15, 0.2) is 24.3 Å². The number of hydrogen-bond donors (Lipinski definition) is 0. The maximum Gasteiger partial charge on any atom is 0.225 e. The summed E-state index contributed by atoms with van der Waals surface area (Å²) in [4.78, 5) is 14.1. The van der Waals surface area contributed by atoms with Crippen LogP contribution >= 0.6 is 11.6 Å². The van der Waals surface area contributed by atoms with Crippen LogP contribution in [-0.2, 0) is 14.3 Å². The van der Waals surface area contributed by atoms with Crippen LogP contribution in [0.3, 0.4) is 0 Å². The topological polar surface area (TPSA) is 48.0 Å². The third-order valence-corrected chi connectivity index (χ3v) is 4.58. The molecule has 2 fully saturated rings. The lowest BCUT2D eigenvalue weighted by molar-refractivity contribution is -0.137. The number of likely N-dealkylation sites (tertiary alicyclic amines) is 1. The normalized spacial score (nSPS) is 20.0. The molecule has 2 aliphatic rings. The maximum absolute atomic E-state index is 12.2. The maximum atomic E-state index is 12.2. The molecule has 0 saturated carbocycles. The lowest BCUT2D eigenvalue weighted by atomic mass is 9.96. The Kier molecular flexibility index (Phi) is 5.75. The first-order valence-electron chi connectivity index (χ1n) is 8.12. The highest BCUT2D eigenvalue weighted by Gasteiger charge is 2.31. The van der Waals surface area contributed by atoms with Gasteiger partial charge in [-0.3, -0.25) is 4.79 Å². The number of amides is 1. The lowest BCUT2D eigenvalue weighted by Crippen LogP contribution is -2.41. The van der Waals surface area contributed by atoms with Crippen molar-refractivity contribution in [2.75, 3.05) is 32.9 Å². The predicted octanol–water partition coefficient (Wildman–Crippen LogP) is 2.72. The number of ether oxygens (including phenoxy) is 3. The van der Waals surface area contributed by atoms with Gasteiger partial charge >= 0.3 is 0 Å². The van der Waals surface area contributed by atoms with Gasteiger partial charge in [0.05, 0.1) is 26.2 Å². The quantitative estimate of drug-likeness (QED) is 0.827. The average molecular weight is 340 g/mol. The summed E-state index contributed by atoms with van der Waals surface area (Å²) in [5.41, 5.74) is 0. The summed E-state index contributed by atoms with van der Waals surface area (Å²) in [6, 6.07) is 7.16. The number of hydrogen-bond acceptors (Lipinski definition) is 4. The summed E-state index contributed by atoms with van der Waals surface area (Å²) in [6.07, 6.45) is 2.20. The molecule has 3 rings (SSSR count). The second-order valence-corrected chi connectivity index (χ2v) is 6.32. The molecule has 0 atom stereocenters. The van der Waals surface area contributed by atoms with Crippen LogP contribution in [-0.4, -0.2) is 50.0 Å². The summed E-state index contributed by atoms with van der Waals surface area (Å²) in [5, 5.41) is 0.673. The molecule has 5 nitrogen and oxygen atoms in total. The van der Waals surface area contributed by atoms with Crippen molar-refractivity contribution in [1.82, 2.24) is 4.90 Å². The molecule has 1 aromatic rings. The Bertz CT molecular complexity index is 508. The van der Waals surface area contributed by atoms with Gasteiger partial charge < -0.3 is 19.1 Å². The molecule has 0 aliphatic carbocycles. The largest absolute Gasteiger partial charge is 0.493 e. The molecule has 2 aliphatic heterocycles. The summed E-state index contributed by atoms with van der Waals surface area (Å²) >= 11 is 5.82. The van der Waals surface area contributed by atoms with Gasteiger partial charge in [0.1, 0.15) is 5.75 Å². The van der Waals surface area contributed by atoms with E-state index in [1.165, 1.54) is 0 Å². The number of rotatable bonds is 5. The van der Waals surface area contributed by atoms with E-state index in [4.69, 9.17) is 25.8 Å². The standard InChI is InChI=1S/C17H22ClNO4/c18-14-1-3-15(4-2-14)21-10-7-16(20)19-8-5-13(6-9-19)17-22-11-12-23-17/h1-4,13,17H,5-12H2. The van der Waals surface area contributed by atoms with Gasteiger partial charge in [0.15, 0.2) is 6.29 Å². The molecule has 0 bridgehead atoms. The summed E-state index contributed by atoms with van der Waals surface area (Å²) in [6.45, 7) is 3.30. The smallest absolute Gasteiger partial charge is 0.225 e. The first kappa shape index (κ1) is 16.6. The molecule has 126 valence electrons. The van der Waals surface area contributed by atoms with Gasteiger partial charge in [0.2, 0.25) is 5.91 Å². The van der Waals surface area contributed by atoms with Crippen LogP contribution in [0.2, 0.25) is 5.02 Å². The molecule has 2 saturated heterocycles. The van der Waals surface area contributed by atoms with Crippen molar-refractivity contribution < 1.29 is 19.0 Å². The molecular formula is C17H22ClNO4. The fourth-order valence-corrected chi connectivity index (χ4v) is 3.14. The second-order valence-electron chi connectivity index (χ2n) is 5.88. The van der Waals surface area contributed by atoms with Crippen LogP contribution in [0, 0.1) is 5.92 Å². The van der Waals surface area contributed by atoms with E-state index in [0.29, 0.717) is 37.2 Å². The lowest BCUT2D eigenvalue weighted by Gasteiger charge is -2.33. The summed E-state index contributed by atoms with van der Waals surface area (Å²) in [5.74, 6) is 1.29. The van der Waals surface area contributed by atoms with E-state index < -0.39 is 0 Å². The molecular weight excluding hydrogens is 318 g/mol. The number of nitrogens with zero attached hydrogens (tertiary/aromatic N) is 1. The van der Waals surface area contributed by atoms with E-state index in [1.54, 1.807) is 24.3 Å². The van der Waals surface area contributed by atoms with Gasteiger partial charge in [-0.15, -0.1) is 0 Å². The molecule has 6 heteroatoms. The SMILES string of the molecule is O=C(CCOc1ccc(Cl)cc1)N1CCC(C2OCCO2)CC1. The Morgan fingerprint density at radius 1 is 1.17 bits per heavy atom. The number of carbonyl (C=O) groups excluding carboxylic acids is 1. The molecule has 0 spiro atoms. The highest BCUT2D eigenvalue weighted by Crippen LogP contribution is 2.26. The first-order valence-corrected chi connectivity index (χ1v) is 8.49. The van der Waals surface area contributed by atoms with Crippen LogP contribution in [0.25, 0.3) is 0 Å². The fraction of sp³-hybridized carbons (Fsp3) is 0.588. The van der Waals surface area contributed by atoms with Gasteiger partial charge in [-0.05, 0) is 37.1 Å². The van der Waals surface area contributed by atoms with Crippen LogP contribution in [0.1, 0.15) is 19.3 Å². The zero-order valence-corrected chi connectivity index (χ0v) is 13.8. The Balaban J connectivity index is 1.36. The van der Waals surface area contributed by atoms with E-state index in [9.17, 15) is 4.79 Å². The van der Waals surface area contributed by atoms with Crippen LogP contribution < -0.4 is 4.74 Å². The Morgan fingerprint density at radius 2 is 1.83 bits per heavy atom. The van der Waals surface area contributed by atoms with E-state index in [1.807, 2.05) is 4.90 Å². The predicted molar refractivity (Wildman–Crippen MR) is 86.6 cm³/mol. The number of piperidine rings is 1. The third kappa shape index (κ3) is 4.59. The third-order valence-electron chi connectivity index (χ3n) is 4.32. The van der Waals surface area contributed by atoms with Gasteiger partial charge in [-0.2, -0.15) is 0 Å². The Labute approximate surface area is 141 Å². The Morgan fingerprint density at radius 3 is 2.48 bits per heavy atom. The van der Waals surface area contributed by atoms with Crippen LogP contribution in [0.5, 0.6) is 5.75 Å². The number of carbonyl (C=O) groups is 1. The minimum absolute atomic E-state index is 0.0690. The highest BCUT2D eigenvalue weighted by molar-refractivity contribution is 6.30. The van der Waals surface area contributed by atoms with E-state index in [0.717, 1.165) is 31.7 Å². The second kappa shape index (κ2) is 7.99. The highest BCUT2D eigenvalue weighted by atomic mass is 35.5. The van der Waals surface area contributed by atoms with Crippen molar-refractivity contribution in [3.63, 3.8) is 0 Å². The van der Waals surface area contributed by atoms with Crippen molar-refractivity contribution in [3.05, 3.63) is 29.3 Å². The van der Waals surface area contributed by atoms with E-state index in [2.05, 4.69) is 0 Å². The van der Waals surface area contributed by atoms with Crippen molar-refractivity contribution in [2.24, 2.45) is 5.92 Å². The van der Waals surface area contributed by atoms with Crippen LogP contribution in [0.4, 0.5) is 0 Å². The molecule has 0 aromatic heterocycles. The van der Waals surface area contributed by atoms with Crippen molar-refractivity contribution in [3.8, 4) is 5.75 Å². The Hall–Kier alpha value is -1.30. The minimum Gasteiger partial charge on any atom is -0.493 e. The van der Waals surface area contributed by atoms with Crippen molar-refractivity contribution in [1.29, 1.82) is 0 Å². The average Bonchev–Trinajstić information content (AvgIpc) is 3.11. The number of benzene rings is 1. The minimum atomic E-state index is -0.0690. The molecule has 0 N–H and O–H groups in total. The number of halogens is 1. The molecule has 0 radical (unpaired) electrons.